The van der Waals surface area contributed by atoms with Crippen LogP contribution in [-0.4, -0.2) is 16.1 Å². The van der Waals surface area contributed by atoms with E-state index in [0.29, 0.717) is 18.2 Å². The Hall–Kier alpha value is -1.20. The van der Waals surface area contributed by atoms with Crippen molar-refractivity contribution < 1.29 is 4.74 Å². The number of nitrogens with zero attached hydrogens (tertiary/aromatic N) is 2. The first kappa shape index (κ1) is 12.9. The Morgan fingerprint density at radius 3 is 2.88 bits per heavy atom. The van der Waals surface area contributed by atoms with Crippen LogP contribution >= 0.6 is 0 Å². The maximum absolute atomic E-state index is 5.63. The van der Waals surface area contributed by atoms with Gasteiger partial charge in [0.15, 0.2) is 5.82 Å². The lowest BCUT2D eigenvalue weighted by Crippen LogP contribution is -2.13. The zero-order valence-corrected chi connectivity index (χ0v) is 10.2. The predicted molar refractivity (Wildman–Crippen MR) is 63.7 cm³/mol. The van der Waals surface area contributed by atoms with Crippen molar-refractivity contribution in [2.24, 2.45) is 5.84 Å². The van der Waals surface area contributed by atoms with E-state index >= 15 is 0 Å². The van der Waals surface area contributed by atoms with Gasteiger partial charge in [-0.15, -0.1) is 0 Å². The summed E-state index contributed by atoms with van der Waals surface area (Å²) in [6, 6.07) is 1.79. The van der Waals surface area contributed by atoms with E-state index in [-0.39, 0.29) is 6.10 Å². The number of nitrogens with two attached hydrogens (primary N) is 1. The molecule has 0 spiro atoms. The lowest BCUT2D eigenvalue weighted by atomic mass is 10.2. The van der Waals surface area contributed by atoms with E-state index < -0.39 is 0 Å². The Morgan fingerprint density at radius 2 is 2.25 bits per heavy atom. The number of nitrogen functional groups attached to an aromatic ring is 1. The zero-order valence-electron chi connectivity index (χ0n) is 10.2. The molecule has 0 aliphatic heterocycles. The number of aryl methyl sites for hydroxylation is 1. The van der Waals surface area contributed by atoms with Gasteiger partial charge < -0.3 is 10.2 Å². The van der Waals surface area contributed by atoms with Crippen molar-refractivity contribution in [2.45, 2.75) is 46.3 Å². The molecule has 5 heteroatoms. The van der Waals surface area contributed by atoms with Gasteiger partial charge in [-0.2, -0.15) is 0 Å². The summed E-state index contributed by atoms with van der Waals surface area (Å²) in [5.74, 6) is 6.59. The third kappa shape index (κ3) is 4.12. The highest BCUT2D eigenvalue weighted by Gasteiger charge is 2.05. The number of hydrazine groups is 1. The third-order valence-corrected chi connectivity index (χ3v) is 2.24. The van der Waals surface area contributed by atoms with Gasteiger partial charge >= 0.3 is 0 Å². The minimum absolute atomic E-state index is 0.239. The number of rotatable bonds is 6. The fourth-order valence-corrected chi connectivity index (χ4v) is 1.48. The van der Waals surface area contributed by atoms with Crippen LogP contribution in [0, 0.1) is 6.92 Å². The summed E-state index contributed by atoms with van der Waals surface area (Å²) in [6.07, 6.45) is 2.41. The minimum Gasteiger partial charge on any atom is -0.371 e. The maximum Gasteiger partial charge on any atom is 0.156 e. The molecule has 0 radical (unpaired) electrons. The highest BCUT2D eigenvalue weighted by molar-refractivity contribution is 5.33. The van der Waals surface area contributed by atoms with E-state index in [1.54, 1.807) is 6.07 Å². The van der Waals surface area contributed by atoms with E-state index in [1.807, 2.05) is 6.92 Å². The molecule has 90 valence electrons. The van der Waals surface area contributed by atoms with Crippen molar-refractivity contribution in [3.8, 4) is 0 Å². The van der Waals surface area contributed by atoms with Crippen molar-refractivity contribution in [1.29, 1.82) is 0 Å². The second kappa shape index (κ2) is 6.40. The zero-order chi connectivity index (χ0) is 12.0. The first-order chi connectivity index (χ1) is 7.65. The normalized spacial score (nSPS) is 12.5. The Morgan fingerprint density at radius 1 is 1.50 bits per heavy atom. The van der Waals surface area contributed by atoms with Crippen molar-refractivity contribution in [1.82, 2.24) is 9.97 Å². The molecule has 1 atom stereocenters. The molecule has 0 aromatic carbocycles. The fourth-order valence-electron chi connectivity index (χ4n) is 1.48. The maximum atomic E-state index is 5.63. The molecule has 1 aromatic rings. The van der Waals surface area contributed by atoms with Gasteiger partial charge in [-0.1, -0.05) is 13.3 Å². The Bertz CT molecular complexity index is 330. The van der Waals surface area contributed by atoms with Gasteiger partial charge in [0.05, 0.1) is 6.10 Å². The lowest BCUT2D eigenvalue weighted by molar-refractivity contribution is 0.0431. The summed E-state index contributed by atoms with van der Waals surface area (Å²) in [5, 5.41) is 0. The van der Waals surface area contributed by atoms with Crippen molar-refractivity contribution >= 4 is 5.82 Å². The first-order valence-corrected chi connectivity index (χ1v) is 5.58. The van der Waals surface area contributed by atoms with Crippen LogP contribution in [0.1, 0.15) is 38.2 Å². The quantitative estimate of drug-likeness (QED) is 0.569. The van der Waals surface area contributed by atoms with Crippen molar-refractivity contribution in [3.63, 3.8) is 0 Å². The van der Waals surface area contributed by atoms with Gasteiger partial charge in [0.1, 0.15) is 12.4 Å². The Kier molecular flexibility index (Phi) is 5.14. The first-order valence-electron chi connectivity index (χ1n) is 5.58. The Labute approximate surface area is 96.4 Å². The fraction of sp³-hybridized carbons (Fsp3) is 0.636. The van der Waals surface area contributed by atoms with E-state index in [9.17, 15) is 0 Å². The van der Waals surface area contributed by atoms with Crippen LogP contribution in [-0.2, 0) is 11.3 Å². The summed E-state index contributed by atoms with van der Waals surface area (Å²) in [6.45, 7) is 6.53. The second-order valence-electron chi connectivity index (χ2n) is 3.87. The molecule has 0 amide bonds. The molecule has 1 rings (SSSR count). The third-order valence-electron chi connectivity index (χ3n) is 2.24. The molecule has 0 bridgehead atoms. The number of anilines is 1. The van der Waals surface area contributed by atoms with Gasteiger partial charge in [0, 0.05) is 11.8 Å². The smallest absolute Gasteiger partial charge is 0.156 e. The summed E-state index contributed by atoms with van der Waals surface area (Å²) in [4.78, 5) is 8.49. The molecular formula is C11H20N4O. The van der Waals surface area contributed by atoms with Crippen molar-refractivity contribution in [3.05, 3.63) is 17.6 Å². The summed E-state index contributed by atoms with van der Waals surface area (Å²) in [7, 11) is 0. The standard InChI is InChI=1S/C11H20N4O/c1-4-5-9(3)16-7-11-13-8(2)6-10(14-11)15-12/h6,9H,4-5,7,12H2,1-3H3,(H,13,14,15). The molecule has 0 aliphatic rings. The van der Waals surface area contributed by atoms with Gasteiger partial charge in [-0.05, 0) is 20.3 Å². The molecule has 0 saturated carbocycles. The SMILES string of the molecule is CCCC(C)OCc1nc(C)cc(NN)n1. The highest BCUT2D eigenvalue weighted by Crippen LogP contribution is 2.08. The largest absolute Gasteiger partial charge is 0.371 e. The average Bonchev–Trinajstić information content (AvgIpc) is 2.26. The lowest BCUT2D eigenvalue weighted by Gasteiger charge is -2.11. The predicted octanol–water partition coefficient (Wildman–Crippen LogP) is 1.78. The molecule has 1 heterocycles. The minimum atomic E-state index is 0.239. The summed E-state index contributed by atoms with van der Waals surface area (Å²) < 4.78 is 5.63. The topological polar surface area (TPSA) is 73.1 Å². The van der Waals surface area contributed by atoms with Crippen LogP contribution in [0.4, 0.5) is 5.82 Å². The number of aromatic nitrogens is 2. The summed E-state index contributed by atoms with van der Waals surface area (Å²) in [5.41, 5.74) is 3.39. The Balaban J connectivity index is 2.56. The molecule has 0 fully saturated rings. The van der Waals surface area contributed by atoms with Crippen molar-refractivity contribution in [2.75, 3.05) is 5.43 Å². The van der Waals surface area contributed by atoms with Gasteiger partial charge in [-0.3, -0.25) is 0 Å². The second-order valence-corrected chi connectivity index (χ2v) is 3.87. The number of ether oxygens (including phenoxy) is 1. The molecule has 16 heavy (non-hydrogen) atoms. The number of hydrogen-bond acceptors (Lipinski definition) is 5. The molecule has 0 aliphatic carbocycles. The van der Waals surface area contributed by atoms with Crippen LogP contribution in [0.2, 0.25) is 0 Å². The van der Waals surface area contributed by atoms with E-state index in [1.165, 1.54) is 0 Å². The molecule has 1 aromatic heterocycles. The average molecular weight is 224 g/mol. The highest BCUT2D eigenvalue weighted by atomic mass is 16.5. The monoisotopic (exact) mass is 224 g/mol. The summed E-state index contributed by atoms with van der Waals surface area (Å²) >= 11 is 0. The van der Waals surface area contributed by atoms with Crippen LogP contribution in [0.25, 0.3) is 0 Å². The molecule has 1 unspecified atom stereocenters. The van der Waals surface area contributed by atoms with Gasteiger partial charge in [-0.25, -0.2) is 15.8 Å². The van der Waals surface area contributed by atoms with Crippen LogP contribution < -0.4 is 11.3 Å². The molecule has 3 N–H and O–H groups in total. The van der Waals surface area contributed by atoms with Crippen LogP contribution in [0.15, 0.2) is 6.07 Å². The van der Waals surface area contributed by atoms with Gasteiger partial charge in [0.2, 0.25) is 0 Å². The van der Waals surface area contributed by atoms with Crippen LogP contribution in [0.5, 0.6) is 0 Å². The van der Waals surface area contributed by atoms with E-state index in [2.05, 4.69) is 29.2 Å². The molecule has 5 nitrogen and oxygen atoms in total. The van der Waals surface area contributed by atoms with Gasteiger partial charge in [0.25, 0.3) is 0 Å². The van der Waals surface area contributed by atoms with E-state index in [4.69, 9.17) is 10.6 Å². The van der Waals surface area contributed by atoms with Crippen LogP contribution in [0.3, 0.4) is 0 Å². The molecule has 0 saturated heterocycles. The number of hydrogen-bond donors (Lipinski definition) is 2. The van der Waals surface area contributed by atoms with E-state index in [0.717, 1.165) is 18.5 Å². The number of nitrogens with one attached hydrogen (secondary N) is 1. The molecular weight excluding hydrogens is 204 g/mol.